The van der Waals surface area contributed by atoms with Crippen molar-refractivity contribution in [2.75, 3.05) is 39.8 Å². The first-order valence-electron chi connectivity index (χ1n) is 12.1. The smallest absolute Gasteiger partial charge is 0.191 e. The molecule has 7 heteroatoms. The van der Waals surface area contributed by atoms with E-state index in [1.54, 1.807) is 0 Å². The molecule has 2 aromatic rings. The first-order valence-corrected chi connectivity index (χ1v) is 12.1. The lowest BCUT2D eigenvalue weighted by Crippen LogP contribution is -2.43. The van der Waals surface area contributed by atoms with E-state index in [0.29, 0.717) is 19.0 Å². The van der Waals surface area contributed by atoms with E-state index >= 15 is 0 Å². The van der Waals surface area contributed by atoms with Crippen LogP contribution in [0.2, 0.25) is 0 Å². The van der Waals surface area contributed by atoms with Crippen molar-refractivity contribution in [1.82, 2.24) is 25.6 Å². The molecule has 2 N–H and O–H groups in total. The monoisotopic (exact) mass is 440 g/mol. The largest absolute Gasteiger partial charge is 0.359 e. The van der Waals surface area contributed by atoms with E-state index in [1.807, 2.05) is 0 Å². The second-order valence-corrected chi connectivity index (χ2v) is 8.68. The zero-order valence-electron chi connectivity index (χ0n) is 20.2. The average Bonchev–Trinajstić information content (AvgIpc) is 3.28. The number of piperazine rings is 1. The van der Waals surface area contributed by atoms with Crippen LogP contribution in [-0.4, -0.2) is 60.7 Å². The molecule has 0 spiro atoms. The minimum atomic E-state index is 0.466. The van der Waals surface area contributed by atoms with E-state index in [2.05, 4.69) is 83.7 Å². The molecule has 0 amide bonds. The molecule has 7 nitrogen and oxygen atoms in total. The summed E-state index contributed by atoms with van der Waals surface area (Å²) >= 11 is 0. The van der Waals surface area contributed by atoms with Gasteiger partial charge >= 0.3 is 0 Å². The van der Waals surface area contributed by atoms with Crippen LogP contribution in [0, 0.1) is 0 Å². The molecular weight excluding hydrogens is 400 g/mol. The second kappa shape index (κ2) is 12.6. The number of aromatic nitrogens is 1. The van der Waals surface area contributed by atoms with Gasteiger partial charge in [0.15, 0.2) is 11.7 Å². The molecule has 1 aliphatic heterocycles. The summed E-state index contributed by atoms with van der Waals surface area (Å²) in [7, 11) is 2.19. The van der Waals surface area contributed by atoms with E-state index in [0.717, 1.165) is 69.5 Å². The molecule has 176 valence electrons. The van der Waals surface area contributed by atoms with Gasteiger partial charge in [-0.3, -0.25) is 4.90 Å². The Labute approximate surface area is 193 Å². The normalized spacial score (nSPS) is 16.0. The first-order chi connectivity index (χ1) is 15.6. The number of hydrogen-bond acceptors (Lipinski definition) is 5. The van der Waals surface area contributed by atoms with E-state index < -0.39 is 0 Å². The van der Waals surface area contributed by atoms with Crippen molar-refractivity contribution in [3.05, 3.63) is 52.9 Å². The number of guanidine groups is 1. The van der Waals surface area contributed by atoms with Crippen LogP contribution >= 0.6 is 0 Å². The number of nitrogens with one attached hydrogen (secondary N) is 2. The average molecular weight is 441 g/mol. The van der Waals surface area contributed by atoms with Crippen LogP contribution in [-0.2, 0) is 19.6 Å². The van der Waals surface area contributed by atoms with Crippen LogP contribution in [0.3, 0.4) is 0 Å². The van der Waals surface area contributed by atoms with Gasteiger partial charge in [-0.05, 0) is 37.9 Å². The highest BCUT2D eigenvalue weighted by Gasteiger charge is 2.14. The molecule has 32 heavy (non-hydrogen) atoms. The van der Waals surface area contributed by atoms with Crippen LogP contribution in [0.25, 0.3) is 0 Å². The fourth-order valence-corrected chi connectivity index (χ4v) is 4.01. The van der Waals surface area contributed by atoms with Gasteiger partial charge < -0.3 is 20.1 Å². The number of rotatable bonds is 10. The van der Waals surface area contributed by atoms with Crippen molar-refractivity contribution in [2.45, 2.75) is 59.2 Å². The Morgan fingerprint density at radius 1 is 1.03 bits per heavy atom. The summed E-state index contributed by atoms with van der Waals surface area (Å²) in [5.74, 6) is 2.09. The summed E-state index contributed by atoms with van der Waals surface area (Å²) in [4.78, 5) is 9.66. The molecule has 2 heterocycles. The molecule has 1 aromatic carbocycles. The van der Waals surface area contributed by atoms with E-state index in [-0.39, 0.29) is 0 Å². The topological polar surface area (TPSA) is 68.9 Å². The van der Waals surface area contributed by atoms with Gasteiger partial charge in [-0.15, -0.1) is 0 Å². The van der Waals surface area contributed by atoms with Crippen molar-refractivity contribution >= 4 is 5.96 Å². The summed E-state index contributed by atoms with van der Waals surface area (Å²) in [6, 6.07) is 10.9. The molecule has 0 unspecified atom stereocenters. The van der Waals surface area contributed by atoms with Crippen molar-refractivity contribution in [1.29, 1.82) is 0 Å². The summed E-state index contributed by atoms with van der Waals surface area (Å²) < 4.78 is 5.52. The highest BCUT2D eigenvalue weighted by Crippen LogP contribution is 2.22. The fraction of sp³-hybridized carbons (Fsp3) is 0.600. The maximum atomic E-state index is 5.52. The Kier molecular flexibility index (Phi) is 9.56. The third-order valence-electron chi connectivity index (χ3n) is 6.20. The first kappa shape index (κ1) is 24.3. The van der Waals surface area contributed by atoms with Gasteiger partial charge in [0, 0.05) is 51.3 Å². The lowest BCUT2D eigenvalue weighted by molar-refractivity contribution is 0.148. The van der Waals surface area contributed by atoms with Gasteiger partial charge in [0.05, 0.1) is 18.8 Å². The van der Waals surface area contributed by atoms with Gasteiger partial charge in [0.2, 0.25) is 0 Å². The molecule has 1 saturated heterocycles. The quantitative estimate of drug-likeness (QED) is 0.435. The minimum absolute atomic E-state index is 0.466. The van der Waals surface area contributed by atoms with Crippen molar-refractivity contribution in [3.63, 3.8) is 0 Å². The van der Waals surface area contributed by atoms with Crippen LogP contribution in [0.5, 0.6) is 0 Å². The Hall–Kier alpha value is -2.38. The van der Waals surface area contributed by atoms with Gasteiger partial charge in [0.25, 0.3) is 0 Å². The molecular formula is C25H40N6O. The van der Waals surface area contributed by atoms with Crippen molar-refractivity contribution < 1.29 is 4.52 Å². The van der Waals surface area contributed by atoms with Crippen molar-refractivity contribution in [2.24, 2.45) is 4.99 Å². The predicted octanol–water partition coefficient (Wildman–Crippen LogP) is 3.58. The predicted molar refractivity (Wildman–Crippen MR) is 131 cm³/mol. The fourth-order valence-electron chi connectivity index (χ4n) is 4.01. The standard InChI is InChI=1S/C25H40N6O/c1-5-22(6-2)24-16-23(32-29-24)18-28-25(26-7-3)27-17-20-8-10-21(11-9-20)19-31-14-12-30(4)13-15-31/h8-11,16,22H,5-7,12-15,17-19H2,1-4H3,(H2,26,27,28). The zero-order valence-corrected chi connectivity index (χ0v) is 20.2. The third-order valence-corrected chi connectivity index (χ3v) is 6.20. The van der Waals surface area contributed by atoms with E-state index in [4.69, 9.17) is 9.52 Å². The zero-order chi connectivity index (χ0) is 22.8. The molecule has 0 aliphatic carbocycles. The molecule has 0 saturated carbocycles. The lowest BCUT2D eigenvalue weighted by Gasteiger charge is -2.32. The molecule has 1 aliphatic rings. The number of aliphatic imine (C=N–C) groups is 1. The molecule has 0 atom stereocenters. The van der Waals surface area contributed by atoms with Crippen LogP contribution in [0.15, 0.2) is 39.8 Å². The highest BCUT2D eigenvalue weighted by molar-refractivity contribution is 5.79. The maximum absolute atomic E-state index is 5.52. The summed E-state index contributed by atoms with van der Waals surface area (Å²) in [6.07, 6.45) is 2.16. The second-order valence-electron chi connectivity index (χ2n) is 8.68. The Morgan fingerprint density at radius 2 is 1.72 bits per heavy atom. The number of hydrogen-bond donors (Lipinski definition) is 2. The van der Waals surface area contributed by atoms with Crippen LogP contribution in [0.1, 0.15) is 62.1 Å². The SMILES string of the molecule is CCNC(=NCc1ccc(CN2CCN(C)CC2)cc1)NCc1cc(C(CC)CC)no1. The molecule has 1 aromatic heterocycles. The Morgan fingerprint density at radius 3 is 2.38 bits per heavy atom. The Balaban J connectivity index is 1.51. The van der Waals surface area contributed by atoms with E-state index in [9.17, 15) is 0 Å². The molecule has 0 bridgehead atoms. The maximum Gasteiger partial charge on any atom is 0.191 e. The number of benzene rings is 1. The van der Waals surface area contributed by atoms with Gasteiger partial charge in [-0.2, -0.15) is 0 Å². The summed E-state index contributed by atoms with van der Waals surface area (Å²) in [5.41, 5.74) is 3.62. The molecule has 1 fully saturated rings. The van der Waals surface area contributed by atoms with Gasteiger partial charge in [-0.25, -0.2) is 4.99 Å². The number of likely N-dealkylation sites (N-methyl/N-ethyl adjacent to an activating group) is 1. The third kappa shape index (κ3) is 7.35. The van der Waals surface area contributed by atoms with Gasteiger partial charge in [0.1, 0.15) is 0 Å². The highest BCUT2D eigenvalue weighted by atomic mass is 16.5. The van der Waals surface area contributed by atoms with E-state index in [1.165, 1.54) is 11.1 Å². The molecule has 0 radical (unpaired) electrons. The number of nitrogens with zero attached hydrogens (tertiary/aromatic N) is 4. The minimum Gasteiger partial charge on any atom is -0.359 e. The Bertz CT molecular complexity index is 819. The van der Waals surface area contributed by atoms with Crippen molar-refractivity contribution in [3.8, 4) is 0 Å². The summed E-state index contributed by atoms with van der Waals surface area (Å²) in [6.45, 7) is 14.1. The lowest BCUT2D eigenvalue weighted by atomic mass is 9.99. The van der Waals surface area contributed by atoms with Crippen LogP contribution < -0.4 is 10.6 Å². The van der Waals surface area contributed by atoms with Gasteiger partial charge in [-0.1, -0.05) is 43.3 Å². The van der Waals surface area contributed by atoms with Crippen LogP contribution in [0.4, 0.5) is 0 Å². The molecule has 3 rings (SSSR count). The summed E-state index contributed by atoms with van der Waals surface area (Å²) in [5, 5.41) is 10.9.